The van der Waals surface area contributed by atoms with Gasteiger partial charge in [0.2, 0.25) is 0 Å². The Balaban J connectivity index is 1.86. The van der Waals surface area contributed by atoms with Crippen LogP contribution in [0.4, 0.5) is 0 Å². The Bertz CT molecular complexity index is 775. The topological polar surface area (TPSA) is 35.5 Å². The van der Waals surface area contributed by atoms with E-state index in [1.54, 1.807) is 6.08 Å². The third kappa shape index (κ3) is 1.42. The minimum absolute atomic E-state index is 0.183. The number of ketones is 1. The molecular weight excluding hydrogens is 288 g/mol. The summed E-state index contributed by atoms with van der Waals surface area (Å²) in [5.41, 5.74) is 4.76. The fourth-order valence-corrected chi connectivity index (χ4v) is 5.44. The molecular formula is C20H22O3. The number of carbonyl (C=O) groups excluding carboxylic acids is 1. The summed E-state index contributed by atoms with van der Waals surface area (Å²) in [5.74, 6) is -0.187. The van der Waals surface area contributed by atoms with Crippen molar-refractivity contribution in [2.24, 2.45) is 11.3 Å². The lowest BCUT2D eigenvalue weighted by Crippen LogP contribution is -2.64. The summed E-state index contributed by atoms with van der Waals surface area (Å²) in [5, 5.41) is 0. The van der Waals surface area contributed by atoms with Crippen LogP contribution in [0.1, 0.15) is 42.5 Å². The highest BCUT2D eigenvalue weighted by Gasteiger charge is 2.65. The average molecular weight is 310 g/mol. The van der Waals surface area contributed by atoms with E-state index in [1.807, 2.05) is 0 Å². The van der Waals surface area contributed by atoms with Crippen LogP contribution in [-0.2, 0) is 31.9 Å². The fourth-order valence-electron chi connectivity index (χ4n) is 5.44. The molecule has 0 amide bonds. The van der Waals surface area contributed by atoms with Gasteiger partial charge < -0.3 is 9.47 Å². The van der Waals surface area contributed by atoms with E-state index >= 15 is 0 Å². The molecule has 120 valence electrons. The molecule has 0 N–H and O–H groups in total. The summed E-state index contributed by atoms with van der Waals surface area (Å²) in [4.78, 5) is 12.5. The maximum absolute atomic E-state index is 12.5. The molecule has 2 bridgehead atoms. The predicted octanol–water partition coefficient (Wildman–Crippen LogP) is 3.17. The van der Waals surface area contributed by atoms with Crippen LogP contribution < -0.4 is 0 Å². The lowest BCUT2D eigenvalue weighted by molar-refractivity contribution is -0.311. The molecule has 23 heavy (non-hydrogen) atoms. The Morgan fingerprint density at radius 1 is 1.22 bits per heavy atom. The number of rotatable bonds is 0. The number of benzene rings is 1. The molecule has 0 aromatic heterocycles. The van der Waals surface area contributed by atoms with Gasteiger partial charge in [-0.1, -0.05) is 32.1 Å². The number of hydrogen-bond acceptors (Lipinski definition) is 3. The van der Waals surface area contributed by atoms with Crippen molar-refractivity contribution in [1.82, 2.24) is 0 Å². The van der Waals surface area contributed by atoms with E-state index in [2.05, 4.69) is 39.0 Å². The molecule has 3 heterocycles. The van der Waals surface area contributed by atoms with Gasteiger partial charge in [0.15, 0.2) is 11.6 Å². The van der Waals surface area contributed by atoms with Gasteiger partial charge in [-0.3, -0.25) is 4.79 Å². The Morgan fingerprint density at radius 3 is 2.87 bits per heavy atom. The molecule has 3 aliphatic heterocycles. The SMILES string of the molecule is Cc1ccc2c3c1CCOC31CC3C(C)(C)C(=O)C=CC23CO1. The molecule has 2 aliphatic carbocycles. The summed E-state index contributed by atoms with van der Waals surface area (Å²) >= 11 is 0. The lowest BCUT2D eigenvalue weighted by Gasteiger charge is -2.62. The van der Waals surface area contributed by atoms with Crippen molar-refractivity contribution in [1.29, 1.82) is 0 Å². The molecule has 0 radical (unpaired) electrons. The highest BCUT2D eigenvalue weighted by Crippen LogP contribution is 2.64. The van der Waals surface area contributed by atoms with E-state index in [1.165, 1.54) is 22.3 Å². The maximum atomic E-state index is 12.5. The second kappa shape index (κ2) is 3.96. The van der Waals surface area contributed by atoms with E-state index in [0.717, 1.165) is 12.8 Å². The van der Waals surface area contributed by atoms with Gasteiger partial charge in [0.1, 0.15) is 0 Å². The molecule has 3 nitrogen and oxygen atoms in total. The predicted molar refractivity (Wildman–Crippen MR) is 86.2 cm³/mol. The third-order valence-electron chi connectivity index (χ3n) is 6.79. The van der Waals surface area contributed by atoms with E-state index in [-0.39, 0.29) is 22.5 Å². The Kier molecular flexibility index (Phi) is 2.40. The van der Waals surface area contributed by atoms with Gasteiger partial charge in [-0.15, -0.1) is 0 Å². The normalized spacial score (nSPS) is 39.1. The van der Waals surface area contributed by atoms with Crippen molar-refractivity contribution in [2.75, 3.05) is 13.2 Å². The fraction of sp³-hybridized carbons (Fsp3) is 0.550. The highest BCUT2D eigenvalue weighted by atomic mass is 16.7. The molecule has 2 spiro atoms. The Labute approximate surface area is 136 Å². The second-order valence-corrected chi connectivity index (χ2v) is 8.14. The Hall–Kier alpha value is -1.45. The molecule has 1 saturated heterocycles. The molecule has 1 aromatic carbocycles. The maximum Gasteiger partial charge on any atom is 0.195 e. The summed E-state index contributed by atoms with van der Waals surface area (Å²) in [6, 6.07) is 4.49. The smallest absolute Gasteiger partial charge is 0.195 e. The lowest BCUT2D eigenvalue weighted by atomic mass is 9.49. The van der Waals surface area contributed by atoms with Crippen molar-refractivity contribution >= 4 is 5.78 Å². The van der Waals surface area contributed by atoms with E-state index in [4.69, 9.17) is 9.47 Å². The zero-order chi connectivity index (χ0) is 16.0. The molecule has 3 unspecified atom stereocenters. The number of aryl methyl sites for hydroxylation is 1. The summed E-state index contributed by atoms with van der Waals surface area (Å²) in [6.07, 6.45) is 5.63. The van der Waals surface area contributed by atoms with E-state index < -0.39 is 5.79 Å². The van der Waals surface area contributed by atoms with Crippen molar-refractivity contribution in [2.45, 2.75) is 44.8 Å². The van der Waals surface area contributed by atoms with Crippen LogP contribution >= 0.6 is 0 Å². The van der Waals surface area contributed by atoms with Crippen molar-refractivity contribution in [3.63, 3.8) is 0 Å². The number of hydrogen-bond donors (Lipinski definition) is 0. The standard InChI is InChI=1S/C20H22O3/c1-12-4-5-14-17-13(12)7-9-22-20(17)10-15-18(2,3)16(21)6-8-19(14,15)11-23-20/h4-6,8,15H,7,9-11H2,1-3H3. The van der Waals surface area contributed by atoms with Gasteiger partial charge in [-0.05, 0) is 42.0 Å². The van der Waals surface area contributed by atoms with Crippen LogP contribution in [0.5, 0.6) is 0 Å². The first-order valence-electron chi connectivity index (χ1n) is 8.56. The molecule has 1 aromatic rings. The molecule has 5 aliphatic rings. The van der Waals surface area contributed by atoms with Crippen LogP contribution in [-0.4, -0.2) is 19.0 Å². The van der Waals surface area contributed by atoms with E-state index in [9.17, 15) is 4.79 Å². The monoisotopic (exact) mass is 310 g/mol. The molecule has 0 saturated carbocycles. The van der Waals surface area contributed by atoms with Crippen LogP contribution in [0, 0.1) is 18.3 Å². The van der Waals surface area contributed by atoms with Crippen molar-refractivity contribution in [3.05, 3.63) is 46.5 Å². The zero-order valence-electron chi connectivity index (χ0n) is 13.9. The first kappa shape index (κ1) is 13.9. The van der Waals surface area contributed by atoms with Crippen molar-refractivity contribution in [3.8, 4) is 0 Å². The number of carbonyl (C=O) groups is 1. The van der Waals surface area contributed by atoms with Gasteiger partial charge in [0, 0.05) is 22.8 Å². The summed E-state index contributed by atoms with van der Waals surface area (Å²) in [7, 11) is 0. The molecule has 1 fully saturated rings. The van der Waals surface area contributed by atoms with Crippen LogP contribution in [0.3, 0.4) is 0 Å². The first-order chi connectivity index (χ1) is 10.9. The van der Waals surface area contributed by atoms with Gasteiger partial charge in [0.05, 0.1) is 13.2 Å². The molecule has 6 rings (SSSR count). The minimum Gasteiger partial charge on any atom is -0.345 e. The third-order valence-corrected chi connectivity index (χ3v) is 6.79. The van der Waals surface area contributed by atoms with E-state index in [0.29, 0.717) is 13.2 Å². The quantitative estimate of drug-likeness (QED) is 0.738. The molecule has 3 heteroatoms. The van der Waals surface area contributed by atoms with Crippen LogP contribution in [0.2, 0.25) is 0 Å². The zero-order valence-corrected chi connectivity index (χ0v) is 13.9. The van der Waals surface area contributed by atoms with Crippen LogP contribution in [0.15, 0.2) is 24.3 Å². The largest absolute Gasteiger partial charge is 0.345 e. The summed E-state index contributed by atoms with van der Waals surface area (Å²) < 4.78 is 12.6. The highest BCUT2D eigenvalue weighted by molar-refractivity contribution is 5.96. The van der Waals surface area contributed by atoms with Crippen LogP contribution in [0.25, 0.3) is 0 Å². The first-order valence-corrected chi connectivity index (χ1v) is 8.56. The minimum atomic E-state index is -0.635. The average Bonchev–Trinajstić information content (AvgIpc) is 2.54. The second-order valence-electron chi connectivity index (χ2n) is 8.14. The van der Waals surface area contributed by atoms with Gasteiger partial charge in [0.25, 0.3) is 0 Å². The number of ether oxygens (including phenoxy) is 2. The van der Waals surface area contributed by atoms with Crippen molar-refractivity contribution < 1.29 is 14.3 Å². The Morgan fingerprint density at radius 2 is 2.04 bits per heavy atom. The van der Waals surface area contributed by atoms with Gasteiger partial charge in [-0.2, -0.15) is 0 Å². The number of fused-ring (bicyclic) bond motifs is 1. The molecule has 3 atom stereocenters. The van der Waals surface area contributed by atoms with Gasteiger partial charge in [-0.25, -0.2) is 0 Å². The van der Waals surface area contributed by atoms with Gasteiger partial charge >= 0.3 is 0 Å². The number of allylic oxidation sites excluding steroid dienone is 1. The summed E-state index contributed by atoms with van der Waals surface area (Å²) in [6.45, 7) is 7.65.